The minimum absolute atomic E-state index is 0.199. The maximum atomic E-state index is 11.0. The number of nitrogens with zero attached hydrogens (tertiary/aromatic N) is 1. The summed E-state index contributed by atoms with van der Waals surface area (Å²) in [7, 11) is 0. The summed E-state index contributed by atoms with van der Waals surface area (Å²) < 4.78 is 15.9. The van der Waals surface area contributed by atoms with Crippen molar-refractivity contribution in [3.63, 3.8) is 0 Å². The largest absolute Gasteiger partial charge is 0.485 e. The smallest absolute Gasteiger partial charge is 0.230 e. The van der Waals surface area contributed by atoms with Crippen molar-refractivity contribution in [2.45, 2.75) is 0 Å². The molecule has 1 aliphatic heterocycles. The zero-order valence-corrected chi connectivity index (χ0v) is 9.38. The summed E-state index contributed by atoms with van der Waals surface area (Å²) in [5, 5.41) is 3.62. The van der Waals surface area contributed by atoms with Crippen LogP contribution >= 0.6 is 0 Å². The standard InChI is InChI=1S/C12H10N2O4/c13-12-9(5-14-18-12)8-2-1-7(6-15)10-11(8)17-4-3-16-10/h1-2,5-6H,3-4,13H2. The Morgan fingerprint density at radius 1 is 1.17 bits per heavy atom. The van der Waals surface area contributed by atoms with Crippen molar-refractivity contribution < 1.29 is 18.8 Å². The van der Waals surface area contributed by atoms with E-state index in [0.29, 0.717) is 41.4 Å². The number of fused-ring (bicyclic) bond motifs is 1. The highest BCUT2D eigenvalue weighted by Crippen LogP contribution is 2.43. The van der Waals surface area contributed by atoms with Gasteiger partial charge in [0.2, 0.25) is 5.88 Å². The number of anilines is 1. The molecular formula is C12H10N2O4. The number of nitrogens with two attached hydrogens (primary N) is 1. The molecule has 92 valence electrons. The first-order valence-electron chi connectivity index (χ1n) is 5.39. The minimum atomic E-state index is 0.199. The van der Waals surface area contributed by atoms with Crippen molar-refractivity contribution in [3.05, 3.63) is 23.9 Å². The van der Waals surface area contributed by atoms with Gasteiger partial charge in [0.1, 0.15) is 13.2 Å². The average molecular weight is 246 g/mol. The lowest BCUT2D eigenvalue weighted by molar-refractivity contribution is 0.111. The first-order chi connectivity index (χ1) is 8.81. The van der Waals surface area contributed by atoms with Gasteiger partial charge in [-0.25, -0.2) is 0 Å². The van der Waals surface area contributed by atoms with Gasteiger partial charge in [-0.15, -0.1) is 0 Å². The number of hydrogen-bond donors (Lipinski definition) is 1. The van der Waals surface area contributed by atoms with Gasteiger partial charge in [-0.05, 0) is 12.1 Å². The topological polar surface area (TPSA) is 87.6 Å². The number of hydrogen-bond acceptors (Lipinski definition) is 6. The summed E-state index contributed by atoms with van der Waals surface area (Å²) >= 11 is 0. The van der Waals surface area contributed by atoms with Gasteiger partial charge in [-0.2, -0.15) is 0 Å². The van der Waals surface area contributed by atoms with Crippen molar-refractivity contribution in [1.82, 2.24) is 5.16 Å². The second-order valence-electron chi connectivity index (χ2n) is 3.78. The van der Waals surface area contributed by atoms with E-state index < -0.39 is 0 Å². The third-order valence-corrected chi connectivity index (χ3v) is 2.73. The van der Waals surface area contributed by atoms with E-state index in [1.54, 1.807) is 12.1 Å². The fraction of sp³-hybridized carbons (Fsp3) is 0.167. The number of ether oxygens (including phenoxy) is 2. The average Bonchev–Trinajstić information content (AvgIpc) is 2.83. The number of benzene rings is 1. The second kappa shape index (κ2) is 4.06. The summed E-state index contributed by atoms with van der Waals surface area (Å²) in [6, 6.07) is 3.39. The molecule has 0 amide bonds. The third kappa shape index (κ3) is 1.50. The Hall–Kier alpha value is -2.50. The van der Waals surface area contributed by atoms with Gasteiger partial charge in [0.15, 0.2) is 17.8 Å². The molecule has 18 heavy (non-hydrogen) atoms. The van der Waals surface area contributed by atoms with Gasteiger partial charge >= 0.3 is 0 Å². The monoisotopic (exact) mass is 246 g/mol. The van der Waals surface area contributed by atoms with Crippen molar-refractivity contribution in [2.24, 2.45) is 0 Å². The molecule has 0 fully saturated rings. The maximum Gasteiger partial charge on any atom is 0.230 e. The summed E-state index contributed by atoms with van der Waals surface area (Å²) in [6.45, 7) is 0.837. The molecule has 2 heterocycles. The molecule has 0 spiro atoms. The molecule has 1 aromatic carbocycles. The fourth-order valence-electron chi connectivity index (χ4n) is 1.91. The van der Waals surface area contributed by atoms with Gasteiger partial charge in [-0.3, -0.25) is 4.79 Å². The molecule has 3 rings (SSSR count). The van der Waals surface area contributed by atoms with E-state index in [-0.39, 0.29) is 5.88 Å². The van der Waals surface area contributed by atoms with E-state index in [1.165, 1.54) is 6.20 Å². The SMILES string of the molecule is Nc1oncc1-c1ccc(C=O)c2c1OCCO2. The molecule has 0 saturated heterocycles. The Morgan fingerprint density at radius 3 is 2.61 bits per heavy atom. The highest BCUT2D eigenvalue weighted by molar-refractivity contribution is 5.88. The first kappa shape index (κ1) is 10.6. The Labute approximate surface area is 102 Å². The van der Waals surface area contributed by atoms with E-state index in [0.717, 1.165) is 6.29 Å². The summed E-state index contributed by atoms with van der Waals surface area (Å²) in [5.41, 5.74) is 7.45. The van der Waals surface area contributed by atoms with Crippen LogP contribution in [-0.4, -0.2) is 24.7 Å². The Balaban J connectivity index is 2.22. The number of aromatic nitrogens is 1. The van der Waals surface area contributed by atoms with Gasteiger partial charge < -0.3 is 19.7 Å². The number of carbonyl (C=O) groups excluding carboxylic acids is 1. The highest BCUT2D eigenvalue weighted by Gasteiger charge is 2.22. The zero-order valence-electron chi connectivity index (χ0n) is 9.38. The molecule has 0 saturated carbocycles. The lowest BCUT2D eigenvalue weighted by Gasteiger charge is -2.21. The van der Waals surface area contributed by atoms with Crippen molar-refractivity contribution in [3.8, 4) is 22.6 Å². The molecular weight excluding hydrogens is 236 g/mol. The number of aldehydes is 1. The van der Waals surface area contributed by atoms with Crippen molar-refractivity contribution in [1.29, 1.82) is 0 Å². The van der Waals surface area contributed by atoms with Crippen LogP contribution in [0.1, 0.15) is 10.4 Å². The van der Waals surface area contributed by atoms with Crippen LogP contribution in [0, 0.1) is 0 Å². The molecule has 2 N–H and O–H groups in total. The molecule has 0 aliphatic carbocycles. The van der Waals surface area contributed by atoms with E-state index in [2.05, 4.69) is 5.16 Å². The number of nitrogen functional groups attached to an aromatic ring is 1. The van der Waals surface area contributed by atoms with Crippen LogP contribution in [0.4, 0.5) is 5.88 Å². The molecule has 6 heteroatoms. The van der Waals surface area contributed by atoms with Gasteiger partial charge in [0, 0.05) is 5.56 Å². The van der Waals surface area contributed by atoms with E-state index >= 15 is 0 Å². The molecule has 0 atom stereocenters. The fourth-order valence-corrected chi connectivity index (χ4v) is 1.91. The maximum absolute atomic E-state index is 11.0. The number of carbonyl (C=O) groups is 1. The Bertz CT molecular complexity index is 606. The van der Waals surface area contributed by atoms with Crippen LogP contribution in [0.25, 0.3) is 11.1 Å². The van der Waals surface area contributed by atoms with Crippen LogP contribution in [0.2, 0.25) is 0 Å². The van der Waals surface area contributed by atoms with Crippen LogP contribution < -0.4 is 15.2 Å². The molecule has 0 radical (unpaired) electrons. The lowest BCUT2D eigenvalue weighted by atomic mass is 10.0. The summed E-state index contributed by atoms with van der Waals surface area (Å²) in [4.78, 5) is 11.0. The lowest BCUT2D eigenvalue weighted by Crippen LogP contribution is -2.17. The van der Waals surface area contributed by atoms with E-state index in [4.69, 9.17) is 19.7 Å². The quantitative estimate of drug-likeness (QED) is 0.808. The highest BCUT2D eigenvalue weighted by atomic mass is 16.6. The number of rotatable bonds is 2. The van der Waals surface area contributed by atoms with Crippen LogP contribution in [-0.2, 0) is 0 Å². The van der Waals surface area contributed by atoms with Crippen LogP contribution in [0.15, 0.2) is 22.9 Å². The zero-order chi connectivity index (χ0) is 12.5. The van der Waals surface area contributed by atoms with Crippen LogP contribution in [0.3, 0.4) is 0 Å². The summed E-state index contributed by atoms with van der Waals surface area (Å²) in [5.74, 6) is 1.14. The van der Waals surface area contributed by atoms with Crippen LogP contribution in [0.5, 0.6) is 11.5 Å². The Kier molecular flexibility index (Phi) is 2.40. The molecule has 0 bridgehead atoms. The molecule has 6 nitrogen and oxygen atoms in total. The normalized spacial score (nSPS) is 13.3. The first-order valence-corrected chi connectivity index (χ1v) is 5.39. The third-order valence-electron chi connectivity index (χ3n) is 2.73. The summed E-state index contributed by atoms with van der Waals surface area (Å²) in [6.07, 6.45) is 2.23. The molecule has 0 unspecified atom stereocenters. The van der Waals surface area contributed by atoms with E-state index in [9.17, 15) is 4.79 Å². The van der Waals surface area contributed by atoms with Crippen molar-refractivity contribution in [2.75, 3.05) is 18.9 Å². The molecule has 2 aromatic rings. The van der Waals surface area contributed by atoms with Crippen molar-refractivity contribution >= 4 is 12.2 Å². The van der Waals surface area contributed by atoms with Gasteiger partial charge in [0.25, 0.3) is 0 Å². The molecule has 1 aromatic heterocycles. The van der Waals surface area contributed by atoms with Gasteiger partial charge in [-0.1, -0.05) is 5.16 Å². The Morgan fingerprint density at radius 2 is 1.94 bits per heavy atom. The van der Waals surface area contributed by atoms with Gasteiger partial charge in [0.05, 0.1) is 17.3 Å². The predicted octanol–water partition coefficient (Wildman–Crippen LogP) is 1.51. The molecule has 1 aliphatic rings. The van der Waals surface area contributed by atoms with E-state index in [1.807, 2.05) is 0 Å². The second-order valence-corrected chi connectivity index (χ2v) is 3.78. The minimum Gasteiger partial charge on any atom is -0.485 e. The predicted molar refractivity (Wildman–Crippen MR) is 62.7 cm³/mol.